The van der Waals surface area contributed by atoms with Gasteiger partial charge in [-0.15, -0.1) is 0 Å². The van der Waals surface area contributed by atoms with Gasteiger partial charge in [-0.1, -0.05) is 48.0 Å². The molecule has 0 heterocycles. The number of rotatable bonds is 4. The van der Waals surface area contributed by atoms with Crippen LogP contribution < -0.4 is 10.1 Å². The maximum atomic E-state index is 12.8. The number of aryl methyl sites for hydroxylation is 2. The minimum Gasteiger partial charge on any atom is -0.496 e. The normalized spacial score (nSPS) is 12.0. The SMILES string of the molecule is COc1cc2ccccc2cc1C(=O)N[C@H](C)c1ccc(C)cc1C. The Morgan fingerprint density at radius 1 is 1.00 bits per heavy atom. The maximum Gasteiger partial charge on any atom is 0.255 e. The molecule has 3 heteroatoms. The van der Waals surface area contributed by atoms with Gasteiger partial charge in [-0.2, -0.15) is 0 Å². The van der Waals surface area contributed by atoms with Gasteiger partial charge in [-0.3, -0.25) is 4.79 Å². The van der Waals surface area contributed by atoms with E-state index in [1.165, 1.54) is 11.1 Å². The molecular formula is C22H23NO2. The number of nitrogens with one attached hydrogen (secondary N) is 1. The van der Waals surface area contributed by atoms with E-state index in [1.807, 2.05) is 43.3 Å². The lowest BCUT2D eigenvalue weighted by molar-refractivity contribution is 0.0937. The highest BCUT2D eigenvalue weighted by Crippen LogP contribution is 2.27. The van der Waals surface area contributed by atoms with Gasteiger partial charge in [0.2, 0.25) is 0 Å². The average molecular weight is 333 g/mol. The van der Waals surface area contributed by atoms with Crippen LogP contribution in [0.25, 0.3) is 10.8 Å². The molecule has 3 aromatic carbocycles. The molecule has 3 rings (SSSR count). The maximum absolute atomic E-state index is 12.8. The molecule has 0 unspecified atom stereocenters. The van der Waals surface area contributed by atoms with Gasteiger partial charge in [0.05, 0.1) is 18.7 Å². The van der Waals surface area contributed by atoms with Crippen molar-refractivity contribution < 1.29 is 9.53 Å². The molecule has 0 radical (unpaired) electrons. The quantitative estimate of drug-likeness (QED) is 0.733. The average Bonchev–Trinajstić information content (AvgIpc) is 2.60. The van der Waals surface area contributed by atoms with E-state index in [2.05, 4.69) is 37.4 Å². The highest BCUT2D eigenvalue weighted by atomic mass is 16.5. The first-order chi connectivity index (χ1) is 12.0. The van der Waals surface area contributed by atoms with Crippen LogP contribution in [0.15, 0.2) is 54.6 Å². The van der Waals surface area contributed by atoms with Gasteiger partial charge in [0.1, 0.15) is 5.75 Å². The number of carbonyl (C=O) groups excluding carboxylic acids is 1. The number of ether oxygens (including phenoxy) is 1. The highest BCUT2D eigenvalue weighted by molar-refractivity contribution is 6.01. The van der Waals surface area contributed by atoms with Gasteiger partial charge < -0.3 is 10.1 Å². The summed E-state index contributed by atoms with van der Waals surface area (Å²) in [5, 5.41) is 5.17. The van der Waals surface area contributed by atoms with Crippen molar-refractivity contribution in [1.82, 2.24) is 5.32 Å². The fourth-order valence-corrected chi connectivity index (χ4v) is 3.23. The summed E-state index contributed by atoms with van der Waals surface area (Å²) in [7, 11) is 1.59. The van der Waals surface area contributed by atoms with E-state index in [4.69, 9.17) is 4.74 Å². The van der Waals surface area contributed by atoms with Gasteiger partial charge in [-0.05, 0) is 54.8 Å². The van der Waals surface area contributed by atoms with E-state index in [-0.39, 0.29) is 11.9 Å². The van der Waals surface area contributed by atoms with Crippen molar-refractivity contribution in [1.29, 1.82) is 0 Å². The second kappa shape index (κ2) is 6.98. The monoisotopic (exact) mass is 333 g/mol. The first-order valence-electron chi connectivity index (χ1n) is 8.44. The lowest BCUT2D eigenvalue weighted by Gasteiger charge is -2.18. The summed E-state index contributed by atoms with van der Waals surface area (Å²) < 4.78 is 5.44. The van der Waals surface area contributed by atoms with E-state index in [9.17, 15) is 4.79 Å². The molecule has 1 atom stereocenters. The predicted octanol–water partition coefficient (Wildman–Crippen LogP) is 4.96. The number of benzene rings is 3. The summed E-state index contributed by atoms with van der Waals surface area (Å²) in [6.45, 7) is 6.14. The summed E-state index contributed by atoms with van der Waals surface area (Å²) in [5.41, 5.74) is 4.07. The number of carbonyl (C=O) groups is 1. The van der Waals surface area contributed by atoms with Gasteiger partial charge >= 0.3 is 0 Å². The molecule has 3 nitrogen and oxygen atoms in total. The van der Waals surface area contributed by atoms with Gasteiger partial charge in [0, 0.05) is 0 Å². The van der Waals surface area contributed by atoms with Crippen LogP contribution in [-0.4, -0.2) is 13.0 Å². The molecule has 0 aliphatic rings. The number of hydrogen-bond donors (Lipinski definition) is 1. The molecule has 25 heavy (non-hydrogen) atoms. The van der Waals surface area contributed by atoms with Gasteiger partial charge in [0.15, 0.2) is 0 Å². The van der Waals surface area contributed by atoms with E-state index in [0.717, 1.165) is 16.3 Å². The van der Waals surface area contributed by atoms with Crippen LogP contribution in [0.4, 0.5) is 0 Å². The summed E-state index contributed by atoms with van der Waals surface area (Å²) in [6, 6.07) is 18.0. The Kier molecular flexibility index (Phi) is 4.75. The fraction of sp³-hybridized carbons (Fsp3) is 0.227. The molecule has 0 fully saturated rings. The first-order valence-corrected chi connectivity index (χ1v) is 8.44. The molecule has 0 aromatic heterocycles. The number of fused-ring (bicyclic) bond motifs is 1. The third-order valence-electron chi connectivity index (χ3n) is 4.55. The summed E-state index contributed by atoms with van der Waals surface area (Å²) in [5.74, 6) is 0.458. The Labute approximate surface area is 148 Å². The fourth-order valence-electron chi connectivity index (χ4n) is 3.23. The Hall–Kier alpha value is -2.81. The lowest BCUT2D eigenvalue weighted by Crippen LogP contribution is -2.27. The number of methoxy groups -OCH3 is 1. The third-order valence-corrected chi connectivity index (χ3v) is 4.55. The van der Waals surface area contributed by atoms with Crippen LogP contribution in [-0.2, 0) is 0 Å². The first kappa shape index (κ1) is 17.0. The van der Waals surface area contributed by atoms with Crippen LogP contribution in [0.2, 0.25) is 0 Å². The minimum atomic E-state index is -0.130. The lowest BCUT2D eigenvalue weighted by atomic mass is 9.99. The van der Waals surface area contributed by atoms with Crippen LogP contribution in [0.5, 0.6) is 5.75 Å². The van der Waals surface area contributed by atoms with Gasteiger partial charge in [0.25, 0.3) is 5.91 Å². The van der Waals surface area contributed by atoms with Crippen LogP contribution in [0, 0.1) is 13.8 Å². The van der Waals surface area contributed by atoms with Gasteiger partial charge in [-0.25, -0.2) is 0 Å². The molecule has 3 aromatic rings. The topological polar surface area (TPSA) is 38.3 Å². The predicted molar refractivity (Wildman–Crippen MR) is 102 cm³/mol. The van der Waals surface area contributed by atoms with Crippen molar-refractivity contribution in [3.63, 3.8) is 0 Å². The molecule has 0 aliphatic heterocycles. The second-order valence-electron chi connectivity index (χ2n) is 6.45. The van der Waals surface area contributed by atoms with Crippen molar-refractivity contribution in [2.75, 3.05) is 7.11 Å². The zero-order valence-corrected chi connectivity index (χ0v) is 15.1. The van der Waals surface area contributed by atoms with E-state index < -0.39 is 0 Å². The van der Waals surface area contributed by atoms with Crippen molar-refractivity contribution >= 4 is 16.7 Å². The largest absolute Gasteiger partial charge is 0.496 e. The second-order valence-corrected chi connectivity index (χ2v) is 6.45. The van der Waals surface area contributed by atoms with Crippen LogP contribution in [0.3, 0.4) is 0 Å². The Morgan fingerprint density at radius 3 is 2.32 bits per heavy atom. The van der Waals surface area contributed by atoms with Crippen molar-refractivity contribution in [3.8, 4) is 5.75 Å². The molecule has 0 spiro atoms. The number of amides is 1. The molecular weight excluding hydrogens is 310 g/mol. The third kappa shape index (κ3) is 3.50. The molecule has 1 amide bonds. The van der Waals surface area contributed by atoms with E-state index in [0.29, 0.717) is 11.3 Å². The molecule has 0 bridgehead atoms. The molecule has 0 saturated carbocycles. The standard InChI is InChI=1S/C22H23NO2/c1-14-9-10-19(15(2)11-14)16(3)23-22(24)20-12-17-7-5-6-8-18(17)13-21(20)25-4/h5-13,16H,1-4H3,(H,23,24)/t16-/m1/s1. The van der Waals surface area contributed by atoms with E-state index in [1.54, 1.807) is 7.11 Å². The highest BCUT2D eigenvalue weighted by Gasteiger charge is 2.17. The Bertz CT molecular complexity index is 930. The smallest absolute Gasteiger partial charge is 0.255 e. The van der Waals surface area contributed by atoms with Crippen molar-refractivity contribution in [2.24, 2.45) is 0 Å². The zero-order chi connectivity index (χ0) is 18.0. The zero-order valence-electron chi connectivity index (χ0n) is 15.1. The minimum absolute atomic E-state index is 0.0794. The van der Waals surface area contributed by atoms with Crippen LogP contribution >= 0.6 is 0 Å². The molecule has 0 saturated heterocycles. The Morgan fingerprint density at radius 2 is 1.68 bits per heavy atom. The van der Waals surface area contributed by atoms with Crippen molar-refractivity contribution in [3.05, 3.63) is 76.9 Å². The molecule has 0 aliphatic carbocycles. The van der Waals surface area contributed by atoms with Crippen LogP contribution in [0.1, 0.15) is 40.0 Å². The molecule has 1 N–H and O–H groups in total. The number of hydrogen-bond acceptors (Lipinski definition) is 2. The molecule has 128 valence electrons. The Balaban J connectivity index is 1.91. The summed E-state index contributed by atoms with van der Waals surface area (Å²) in [4.78, 5) is 12.8. The summed E-state index contributed by atoms with van der Waals surface area (Å²) in [6.07, 6.45) is 0. The van der Waals surface area contributed by atoms with E-state index >= 15 is 0 Å². The van der Waals surface area contributed by atoms with Crippen molar-refractivity contribution in [2.45, 2.75) is 26.8 Å². The summed E-state index contributed by atoms with van der Waals surface area (Å²) >= 11 is 0.